The minimum absolute atomic E-state index is 1.06. The SMILES string of the molecule is c1ccc2c(c1)CCCNc1ccccc1-2. The number of anilines is 1. The van der Waals surface area contributed by atoms with Crippen molar-refractivity contribution in [1.29, 1.82) is 0 Å². The molecule has 1 nitrogen and oxygen atoms in total. The third-order valence-electron chi connectivity index (χ3n) is 3.17. The van der Waals surface area contributed by atoms with Crippen molar-refractivity contribution in [3.05, 3.63) is 54.1 Å². The third-order valence-corrected chi connectivity index (χ3v) is 3.17. The van der Waals surface area contributed by atoms with Crippen molar-refractivity contribution in [2.75, 3.05) is 11.9 Å². The molecule has 0 amide bonds. The number of para-hydroxylation sites is 1. The first-order chi connectivity index (χ1) is 7.95. The van der Waals surface area contributed by atoms with Gasteiger partial charge in [-0.1, -0.05) is 42.5 Å². The third kappa shape index (κ3) is 1.58. The summed E-state index contributed by atoms with van der Waals surface area (Å²) in [5, 5.41) is 3.51. The molecule has 0 atom stereocenters. The molecule has 0 bridgehead atoms. The summed E-state index contributed by atoms with van der Waals surface area (Å²) >= 11 is 0. The van der Waals surface area contributed by atoms with Gasteiger partial charge in [-0.15, -0.1) is 0 Å². The molecule has 0 aromatic heterocycles. The Morgan fingerprint density at radius 3 is 2.50 bits per heavy atom. The molecule has 1 aliphatic rings. The van der Waals surface area contributed by atoms with E-state index in [1.807, 2.05) is 0 Å². The summed E-state index contributed by atoms with van der Waals surface area (Å²) < 4.78 is 0. The fourth-order valence-electron chi connectivity index (χ4n) is 2.38. The van der Waals surface area contributed by atoms with E-state index in [1.165, 1.54) is 28.8 Å². The zero-order valence-corrected chi connectivity index (χ0v) is 9.24. The van der Waals surface area contributed by atoms with Crippen molar-refractivity contribution in [3.8, 4) is 11.1 Å². The molecule has 0 fully saturated rings. The lowest BCUT2D eigenvalue weighted by atomic mass is 9.94. The molecule has 3 rings (SSSR count). The Morgan fingerprint density at radius 1 is 0.812 bits per heavy atom. The molecule has 2 aromatic rings. The summed E-state index contributed by atoms with van der Waals surface area (Å²) in [5.74, 6) is 0. The molecule has 0 radical (unpaired) electrons. The van der Waals surface area contributed by atoms with Crippen LogP contribution < -0.4 is 5.32 Å². The number of benzene rings is 2. The van der Waals surface area contributed by atoms with Crippen LogP contribution in [0, 0.1) is 0 Å². The van der Waals surface area contributed by atoms with Gasteiger partial charge in [-0.25, -0.2) is 0 Å². The van der Waals surface area contributed by atoms with Crippen molar-refractivity contribution in [1.82, 2.24) is 0 Å². The normalized spacial score (nSPS) is 14.0. The summed E-state index contributed by atoms with van der Waals surface area (Å²) in [5.41, 5.74) is 5.44. The zero-order chi connectivity index (χ0) is 10.8. The second kappa shape index (κ2) is 4.01. The van der Waals surface area contributed by atoms with E-state index < -0.39 is 0 Å². The lowest BCUT2D eigenvalue weighted by Gasteiger charge is -2.18. The maximum Gasteiger partial charge on any atom is 0.0419 e. The smallest absolute Gasteiger partial charge is 0.0419 e. The molecule has 1 aliphatic heterocycles. The molecular formula is C15H15N. The average molecular weight is 209 g/mol. The monoisotopic (exact) mass is 209 g/mol. The predicted molar refractivity (Wildman–Crippen MR) is 68.7 cm³/mol. The van der Waals surface area contributed by atoms with Crippen LogP contribution in [0.3, 0.4) is 0 Å². The molecule has 0 saturated heterocycles. The Balaban J connectivity index is 2.22. The number of fused-ring (bicyclic) bond motifs is 3. The van der Waals surface area contributed by atoms with Crippen molar-refractivity contribution < 1.29 is 0 Å². The van der Waals surface area contributed by atoms with Gasteiger partial charge in [0.2, 0.25) is 0 Å². The summed E-state index contributed by atoms with van der Waals surface area (Å²) in [7, 11) is 0. The van der Waals surface area contributed by atoms with Crippen LogP contribution in [0.4, 0.5) is 5.69 Å². The van der Waals surface area contributed by atoms with E-state index in [0.717, 1.165) is 13.0 Å². The van der Waals surface area contributed by atoms with Gasteiger partial charge in [-0.2, -0.15) is 0 Å². The van der Waals surface area contributed by atoms with Gasteiger partial charge in [0.15, 0.2) is 0 Å². The standard InChI is InChI=1S/C15H15N/c1-2-8-13-12(6-1)7-5-11-16-15-10-4-3-9-14(13)15/h1-4,6,8-10,16H,5,7,11H2. The fourth-order valence-corrected chi connectivity index (χ4v) is 2.38. The van der Waals surface area contributed by atoms with Gasteiger partial charge in [-0.3, -0.25) is 0 Å². The first kappa shape index (κ1) is 9.46. The molecule has 16 heavy (non-hydrogen) atoms. The number of hydrogen-bond acceptors (Lipinski definition) is 1. The quantitative estimate of drug-likeness (QED) is 0.697. The van der Waals surface area contributed by atoms with Crippen LogP contribution in [0.2, 0.25) is 0 Å². The molecule has 2 aromatic carbocycles. The first-order valence-electron chi connectivity index (χ1n) is 5.86. The van der Waals surface area contributed by atoms with Crippen LogP contribution in [0.25, 0.3) is 11.1 Å². The summed E-state index contributed by atoms with van der Waals surface area (Å²) in [6, 6.07) is 17.3. The Labute approximate surface area is 96.1 Å². The summed E-state index contributed by atoms with van der Waals surface area (Å²) in [6.45, 7) is 1.06. The minimum atomic E-state index is 1.06. The van der Waals surface area contributed by atoms with E-state index in [0.29, 0.717) is 0 Å². The molecule has 1 heterocycles. The van der Waals surface area contributed by atoms with Crippen LogP contribution >= 0.6 is 0 Å². The van der Waals surface area contributed by atoms with Gasteiger partial charge in [0.1, 0.15) is 0 Å². The van der Waals surface area contributed by atoms with Gasteiger partial charge in [0, 0.05) is 17.8 Å². The molecule has 1 N–H and O–H groups in total. The Bertz CT molecular complexity index is 455. The van der Waals surface area contributed by atoms with Gasteiger partial charge >= 0.3 is 0 Å². The lowest BCUT2D eigenvalue weighted by molar-refractivity contribution is 0.859. The van der Waals surface area contributed by atoms with Gasteiger partial charge in [0.05, 0.1) is 0 Å². The largest absolute Gasteiger partial charge is 0.385 e. The summed E-state index contributed by atoms with van der Waals surface area (Å²) in [4.78, 5) is 0. The van der Waals surface area contributed by atoms with Crippen LogP contribution in [0.1, 0.15) is 12.0 Å². The Kier molecular flexibility index (Phi) is 2.37. The zero-order valence-electron chi connectivity index (χ0n) is 9.24. The predicted octanol–water partition coefficient (Wildman–Crippen LogP) is 3.71. The van der Waals surface area contributed by atoms with E-state index in [1.54, 1.807) is 0 Å². The van der Waals surface area contributed by atoms with E-state index in [9.17, 15) is 0 Å². The molecule has 0 aliphatic carbocycles. The summed E-state index contributed by atoms with van der Waals surface area (Å²) in [6.07, 6.45) is 2.36. The van der Waals surface area contributed by atoms with Gasteiger partial charge in [-0.05, 0) is 30.0 Å². The van der Waals surface area contributed by atoms with Gasteiger partial charge < -0.3 is 5.32 Å². The Morgan fingerprint density at radius 2 is 1.56 bits per heavy atom. The maximum atomic E-state index is 3.51. The fraction of sp³-hybridized carbons (Fsp3) is 0.200. The molecule has 0 saturated carbocycles. The van der Waals surface area contributed by atoms with Crippen LogP contribution in [-0.4, -0.2) is 6.54 Å². The van der Waals surface area contributed by atoms with Crippen molar-refractivity contribution >= 4 is 5.69 Å². The number of nitrogens with one attached hydrogen (secondary N) is 1. The molecule has 1 heteroatoms. The highest BCUT2D eigenvalue weighted by atomic mass is 14.9. The molecule has 0 spiro atoms. The molecule has 80 valence electrons. The maximum absolute atomic E-state index is 3.51. The highest BCUT2D eigenvalue weighted by molar-refractivity contribution is 5.80. The first-order valence-corrected chi connectivity index (χ1v) is 5.86. The highest BCUT2D eigenvalue weighted by Gasteiger charge is 2.10. The van der Waals surface area contributed by atoms with Crippen LogP contribution in [-0.2, 0) is 6.42 Å². The number of aryl methyl sites for hydroxylation is 1. The van der Waals surface area contributed by atoms with Crippen molar-refractivity contribution in [3.63, 3.8) is 0 Å². The highest BCUT2D eigenvalue weighted by Crippen LogP contribution is 2.32. The number of rotatable bonds is 0. The van der Waals surface area contributed by atoms with E-state index in [4.69, 9.17) is 0 Å². The second-order valence-electron chi connectivity index (χ2n) is 4.23. The van der Waals surface area contributed by atoms with Crippen LogP contribution in [0.15, 0.2) is 48.5 Å². The molecule has 0 unspecified atom stereocenters. The van der Waals surface area contributed by atoms with E-state index >= 15 is 0 Å². The Hall–Kier alpha value is -1.76. The topological polar surface area (TPSA) is 12.0 Å². The molecular weight excluding hydrogens is 194 g/mol. The minimum Gasteiger partial charge on any atom is -0.385 e. The van der Waals surface area contributed by atoms with E-state index in [2.05, 4.69) is 53.8 Å². The van der Waals surface area contributed by atoms with Gasteiger partial charge in [0.25, 0.3) is 0 Å². The average Bonchev–Trinajstić information content (AvgIpc) is 2.33. The second-order valence-corrected chi connectivity index (χ2v) is 4.23. The van der Waals surface area contributed by atoms with Crippen molar-refractivity contribution in [2.24, 2.45) is 0 Å². The van der Waals surface area contributed by atoms with E-state index in [-0.39, 0.29) is 0 Å². The van der Waals surface area contributed by atoms with Crippen LogP contribution in [0.5, 0.6) is 0 Å². The lowest BCUT2D eigenvalue weighted by Crippen LogP contribution is -2.07. The van der Waals surface area contributed by atoms with Crippen molar-refractivity contribution in [2.45, 2.75) is 12.8 Å². The number of hydrogen-bond donors (Lipinski definition) is 1.